The molecule has 4 rings (SSSR count). The molecule has 0 radical (unpaired) electrons. The number of nitrogens with one attached hydrogen (secondary N) is 1. The molecule has 0 bridgehead atoms. The molecule has 2 heterocycles. The van der Waals surface area contributed by atoms with Gasteiger partial charge in [0.2, 0.25) is 0 Å². The van der Waals surface area contributed by atoms with Gasteiger partial charge in [0.1, 0.15) is 6.61 Å². The van der Waals surface area contributed by atoms with Gasteiger partial charge in [-0.25, -0.2) is 0 Å². The maximum atomic E-state index is 13.1. The van der Waals surface area contributed by atoms with E-state index in [1.807, 2.05) is 79.7 Å². The molecular weight excluding hydrogens is 364 g/mol. The fourth-order valence-corrected chi connectivity index (χ4v) is 3.32. The second-order valence-electron chi connectivity index (χ2n) is 6.64. The van der Waals surface area contributed by atoms with E-state index in [0.717, 1.165) is 16.8 Å². The highest BCUT2D eigenvalue weighted by atomic mass is 16.5. The Morgan fingerprint density at radius 1 is 1.10 bits per heavy atom. The molecule has 5 heteroatoms. The maximum absolute atomic E-state index is 13.1. The molecule has 1 N–H and O–H groups in total. The number of aromatic nitrogens is 1. The lowest BCUT2D eigenvalue weighted by Gasteiger charge is -2.23. The lowest BCUT2D eigenvalue weighted by Crippen LogP contribution is -2.33. The van der Waals surface area contributed by atoms with Gasteiger partial charge in [-0.05, 0) is 36.8 Å². The minimum Gasteiger partial charge on any atom is -0.490 e. The van der Waals surface area contributed by atoms with Crippen LogP contribution in [0.3, 0.4) is 0 Å². The molecule has 1 aliphatic heterocycles. The van der Waals surface area contributed by atoms with E-state index in [4.69, 9.17) is 9.47 Å². The second-order valence-corrected chi connectivity index (χ2v) is 6.64. The molecule has 5 nitrogen and oxygen atoms in total. The Balaban J connectivity index is 1.61. The Bertz CT molecular complexity index is 977. The number of ether oxygens (including phenoxy) is 2. The van der Waals surface area contributed by atoms with Crippen molar-refractivity contribution in [3.05, 3.63) is 95.3 Å². The number of carbonyl (C=O) groups excluding carboxylic acids is 1. The van der Waals surface area contributed by atoms with Gasteiger partial charge >= 0.3 is 0 Å². The molecule has 1 amide bonds. The summed E-state index contributed by atoms with van der Waals surface area (Å²) in [6.07, 6.45) is 3.59. The van der Waals surface area contributed by atoms with Crippen molar-refractivity contribution in [3.8, 4) is 11.5 Å². The summed E-state index contributed by atoms with van der Waals surface area (Å²) < 4.78 is 11.5. The van der Waals surface area contributed by atoms with Crippen LogP contribution in [0.4, 0.5) is 0 Å². The van der Waals surface area contributed by atoms with Crippen LogP contribution >= 0.6 is 0 Å². The van der Waals surface area contributed by atoms with Crippen LogP contribution in [0.5, 0.6) is 11.5 Å². The number of benzene rings is 2. The SMILES string of the molecule is CCOc1cccc2c1OCC(C(=O)N[C@@H](c1ccccc1)c1ccccn1)=C2. The topological polar surface area (TPSA) is 60.5 Å². The van der Waals surface area contributed by atoms with E-state index in [1.165, 1.54) is 0 Å². The van der Waals surface area contributed by atoms with E-state index in [0.29, 0.717) is 23.7 Å². The van der Waals surface area contributed by atoms with Crippen molar-refractivity contribution < 1.29 is 14.3 Å². The van der Waals surface area contributed by atoms with Gasteiger partial charge < -0.3 is 14.8 Å². The van der Waals surface area contributed by atoms with Crippen molar-refractivity contribution in [2.45, 2.75) is 13.0 Å². The van der Waals surface area contributed by atoms with E-state index in [2.05, 4.69) is 10.3 Å². The lowest BCUT2D eigenvalue weighted by molar-refractivity contribution is -0.118. The van der Waals surface area contributed by atoms with Crippen LogP contribution in [0.2, 0.25) is 0 Å². The third-order valence-electron chi connectivity index (χ3n) is 4.69. The average molecular weight is 386 g/mol. The number of pyridine rings is 1. The molecule has 146 valence electrons. The van der Waals surface area contributed by atoms with E-state index in [9.17, 15) is 4.79 Å². The number of hydrogen-bond acceptors (Lipinski definition) is 4. The predicted molar refractivity (Wildman–Crippen MR) is 112 cm³/mol. The number of fused-ring (bicyclic) bond motifs is 1. The van der Waals surface area contributed by atoms with Gasteiger partial charge in [-0.2, -0.15) is 0 Å². The molecule has 0 fully saturated rings. The average Bonchev–Trinajstić information content (AvgIpc) is 2.78. The van der Waals surface area contributed by atoms with Crippen LogP contribution in [0.15, 0.2) is 78.5 Å². The Labute approximate surface area is 170 Å². The highest BCUT2D eigenvalue weighted by molar-refractivity contribution is 5.99. The molecule has 2 aromatic carbocycles. The van der Waals surface area contributed by atoms with Crippen molar-refractivity contribution in [2.24, 2.45) is 0 Å². The summed E-state index contributed by atoms with van der Waals surface area (Å²) in [5, 5.41) is 3.11. The Morgan fingerprint density at radius 2 is 1.93 bits per heavy atom. The van der Waals surface area contributed by atoms with Crippen molar-refractivity contribution in [3.63, 3.8) is 0 Å². The molecule has 1 aliphatic rings. The van der Waals surface area contributed by atoms with Gasteiger partial charge in [0.25, 0.3) is 5.91 Å². The molecule has 0 spiro atoms. The fourth-order valence-electron chi connectivity index (χ4n) is 3.32. The van der Waals surface area contributed by atoms with E-state index >= 15 is 0 Å². The van der Waals surface area contributed by atoms with Gasteiger partial charge in [0.15, 0.2) is 11.5 Å². The van der Waals surface area contributed by atoms with E-state index < -0.39 is 0 Å². The predicted octanol–water partition coefficient (Wildman–Crippen LogP) is 4.16. The minimum absolute atomic E-state index is 0.183. The molecule has 0 saturated carbocycles. The fraction of sp³-hybridized carbons (Fsp3) is 0.167. The first-order chi connectivity index (χ1) is 14.3. The monoisotopic (exact) mass is 386 g/mol. The van der Waals surface area contributed by atoms with Crippen LogP contribution in [0, 0.1) is 0 Å². The molecule has 0 aliphatic carbocycles. The van der Waals surface area contributed by atoms with Gasteiger partial charge in [-0.15, -0.1) is 0 Å². The molecular formula is C24H22N2O3. The first kappa shape index (κ1) is 18.7. The third-order valence-corrected chi connectivity index (χ3v) is 4.69. The van der Waals surface area contributed by atoms with Crippen LogP contribution in [-0.2, 0) is 4.79 Å². The molecule has 0 saturated heterocycles. The minimum atomic E-state index is -0.345. The van der Waals surface area contributed by atoms with Crippen molar-refractivity contribution in [1.82, 2.24) is 10.3 Å². The molecule has 1 atom stereocenters. The first-order valence-electron chi connectivity index (χ1n) is 9.62. The number of hydrogen-bond donors (Lipinski definition) is 1. The molecule has 29 heavy (non-hydrogen) atoms. The summed E-state index contributed by atoms with van der Waals surface area (Å²) in [6, 6.07) is 20.8. The summed E-state index contributed by atoms with van der Waals surface area (Å²) in [5.41, 5.74) is 3.14. The van der Waals surface area contributed by atoms with Crippen molar-refractivity contribution in [1.29, 1.82) is 0 Å². The zero-order valence-electron chi connectivity index (χ0n) is 16.2. The standard InChI is InChI=1S/C24H22N2O3/c1-2-28-21-13-8-11-18-15-19(16-29-23(18)21)24(27)26-22(17-9-4-3-5-10-17)20-12-6-7-14-25-20/h3-15,22H,2,16H2,1H3,(H,26,27)/t22-/m0/s1. The summed E-state index contributed by atoms with van der Waals surface area (Å²) in [5.74, 6) is 1.18. The number of para-hydroxylation sites is 1. The normalized spacial score (nSPS) is 13.5. The second kappa shape index (κ2) is 8.61. The third kappa shape index (κ3) is 4.14. The van der Waals surface area contributed by atoms with Crippen LogP contribution in [-0.4, -0.2) is 24.1 Å². The maximum Gasteiger partial charge on any atom is 0.251 e. The highest BCUT2D eigenvalue weighted by Gasteiger charge is 2.24. The molecule has 3 aromatic rings. The van der Waals surface area contributed by atoms with Gasteiger partial charge in [0, 0.05) is 11.8 Å². The smallest absolute Gasteiger partial charge is 0.251 e. The summed E-state index contributed by atoms with van der Waals surface area (Å²) in [7, 11) is 0. The van der Waals surface area contributed by atoms with Gasteiger partial charge in [-0.3, -0.25) is 9.78 Å². The number of nitrogens with zero attached hydrogens (tertiary/aromatic N) is 1. The van der Waals surface area contributed by atoms with Gasteiger partial charge in [-0.1, -0.05) is 48.5 Å². The summed E-state index contributed by atoms with van der Waals surface area (Å²) in [4.78, 5) is 17.5. The quantitative estimate of drug-likeness (QED) is 0.691. The zero-order chi connectivity index (χ0) is 20.1. The number of carbonyl (C=O) groups is 1. The summed E-state index contributed by atoms with van der Waals surface area (Å²) in [6.45, 7) is 2.67. The first-order valence-corrected chi connectivity index (χ1v) is 9.62. The van der Waals surface area contributed by atoms with Crippen LogP contribution < -0.4 is 14.8 Å². The highest BCUT2D eigenvalue weighted by Crippen LogP contribution is 2.36. The van der Waals surface area contributed by atoms with E-state index in [-0.39, 0.29) is 18.6 Å². The largest absolute Gasteiger partial charge is 0.490 e. The zero-order valence-corrected chi connectivity index (χ0v) is 16.2. The van der Waals surface area contributed by atoms with Gasteiger partial charge in [0.05, 0.1) is 23.9 Å². The van der Waals surface area contributed by atoms with Crippen molar-refractivity contribution in [2.75, 3.05) is 13.2 Å². The molecule has 0 unspecified atom stereocenters. The summed E-state index contributed by atoms with van der Waals surface area (Å²) >= 11 is 0. The Morgan fingerprint density at radius 3 is 2.69 bits per heavy atom. The van der Waals surface area contributed by atoms with Crippen LogP contribution in [0.25, 0.3) is 6.08 Å². The number of amides is 1. The van der Waals surface area contributed by atoms with E-state index in [1.54, 1.807) is 6.20 Å². The van der Waals surface area contributed by atoms with Crippen molar-refractivity contribution >= 4 is 12.0 Å². The Kier molecular flexibility index (Phi) is 5.56. The molecule has 1 aromatic heterocycles. The Hall–Kier alpha value is -3.60. The van der Waals surface area contributed by atoms with Crippen LogP contribution in [0.1, 0.15) is 29.8 Å². The lowest BCUT2D eigenvalue weighted by atomic mass is 10.0. The number of rotatable bonds is 6.